The third-order valence-corrected chi connectivity index (χ3v) is 2.53. The summed E-state index contributed by atoms with van der Waals surface area (Å²) < 4.78 is 34.7. The van der Waals surface area contributed by atoms with Crippen LogP contribution >= 0.6 is 0 Å². The highest BCUT2D eigenvalue weighted by atomic mass is 19.1. The molecule has 1 aromatic carbocycles. The van der Waals surface area contributed by atoms with Gasteiger partial charge in [-0.2, -0.15) is 0 Å². The molecule has 1 rings (SSSR count). The lowest BCUT2D eigenvalue weighted by Gasteiger charge is -2.18. The van der Waals surface area contributed by atoms with Gasteiger partial charge in [0.25, 0.3) is 0 Å². The summed E-state index contributed by atoms with van der Waals surface area (Å²) >= 11 is 0. The maximum absolute atomic E-state index is 13.8. The molecular weight excluding hydrogens is 279 g/mol. The van der Waals surface area contributed by atoms with Crippen molar-refractivity contribution in [2.45, 2.75) is 27.1 Å². The zero-order valence-electron chi connectivity index (χ0n) is 12.6. The monoisotopic (exact) mass is 300 g/mol. The molecule has 0 saturated heterocycles. The van der Waals surface area contributed by atoms with Crippen LogP contribution in [0.5, 0.6) is 5.75 Å². The number of carbonyl (C=O) groups excluding carboxylic acids is 1. The summed E-state index contributed by atoms with van der Waals surface area (Å²) in [5, 5.41) is 0. The van der Waals surface area contributed by atoms with E-state index in [9.17, 15) is 9.18 Å². The molecule has 0 N–H and O–H groups in total. The Bertz CT molecular complexity index is 444. The minimum absolute atomic E-state index is 0.0531. The van der Waals surface area contributed by atoms with Crippen molar-refractivity contribution in [2.75, 3.05) is 26.4 Å². The van der Waals surface area contributed by atoms with Crippen LogP contribution < -0.4 is 4.74 Å². The van der Waals surface area contributed by atoms with Gasteiger partial charge in [0.1, 0.15) is 23.7 Å². The van der Waals surface area contributed by atoms with E-state index in [4.69, 9.17) is 18.9 Å². The second kappa shape index (κ2) is 9.31. The number of halogens is 1. The molecule has 1 aromatic rings. The van der Waals surface area contributed by atoms with Gasteiger partial charge >= 0.3 is 5.97 Å². The topological polar surface area (TPSA) is 54.0 Å². The van der Waals surface area contributed by atoms with Crippen molar-refractivity contribution in [2.24, 2.45) is 0 Å². The van der Waals surface area contributed by atoms with Gasteiger partial charge in [-0.05, 0) is 32.9 Å². The highest BCUT2D eigenvalue weighted by Gasteiger charge is 2.20. The van der Waals surface area contributed by atoms with Gasteiger partial charge in [-0.15, -0.1) is 0 Å². The first-order chi connectivity index (χ1) is 10.1. The number of benzene rings is 1. The molecule has 0 amide bonds. The van der Waals surface area contributed by atoms with Crippen molar-refractivity contribution in [3.05, 3.63) is 29.6 Å². The lowest BCUT2D eigenvalue weighted by Crippen LogP contribution is -2.25. The number of esters is 1. The van der Waals surface area contributed by atoms with E-state index in [2.05, 4.69) is 0 Å². The Balaban J connectivity index is 2.82. The Morgan fingerprint density at radius 3 is 2.38 bits per heavy atom. The molecule has 0 aliphatic carbocycles. The van der Waals surface area contributed by atoms with Crippen LogP contribution in [0.15, 0.2) is 18.2 Å². The van der Waals surface area contributed by atoms with Crippen LogP contribution in [0.25, 0.3) is 0 Å². The normalized spacial score (nSPS) is 10.7. The van der Waals surface area contributed by atoms with Crippen molar-refractivity contribution in [1.29, 1.82) is 0 Å². The zero-order valence-corrected chi connectivity index (χ0v) is 12.6. The van der Waals surface area contributed by atoms with Gasteiger partial charge in [-0.3, -0.25) is 0 Å². The van der Waals surface area contributed by atoms with E-state index in [1.54, 1.807) is 6.92 Å². The standard InChI is InChI=1S/C15H21FO5/c1-4-18-13(19-5-2)10-21-12-9-7-8-11(16)14(12)15(17)20-6-3/h7-9,13H,4-6,10H2,1-3H3. The molecule has 0 aliphatic rings. The third kappa shape index (κ3) is 5.32. The summed E-state index contributed by atoms with van der Waals surface area (Å²) in [7, 11) is 0. The summed E-state index contributed by atoms with van der Waals surface area (Å²) in [4.78, 5) is 11.8. The van der Waals surface area contributed by atoms with Crippen molar-refractivity contribution < 1.29 is 28.1 Å². The van der Waals surface area contributed by atoms with Crippen LogP contribution in [0.1, 0.15) is 31.1 Å². The Labute approximate surface area is 123 Å². The van der Waals surface area contributed by atoms with Crippen LogP contribution in [-0.4, -0.2) is 38.7 Å². The molecule has 0 aromatic heterocycles. The van der Waals surface area contributed by atoms with E-state index in [0.29, 0.717) is 13.2 Å². The van der Waals surface area contributed by atoms with E-state index < -0.39 is 18.1 Å². The summed E-state index contributed by atoms with van der Waals surface area (Å²) in [6, 6.07) is 4.15. The summed E-state index contributed by atoms with van der Waals surface area (Å²) in [5.41, 5.74) is -0.217. The second-order valence-corrected chi connectivity index (χ2v) is 3.98. The van der Waals surface area contributed by atoms with Gasteiger partial charge in [-0.25, -0.2) is 9.18 Å². The van der Waals surface area contributed by atoms with Crippen LogP contribution in [0.3, 0.4) is 0 Å². The fraction of sp³-hybridized carbons (Fsp3) is 0.533. The number of hydrogen-bond acceptors (Lipinski definition) is 5. The van der Waals surface area contributed by atoms with Gasteiger partial charge in [0.15, 0.2) is 6.29 Å². The Hall–Kier alpha value is -1.66. The average molecular weight is 300 g/mol. The fourth-order valence-electron chi connectivity index (χ4n) is 1.70. The first kappa shape index (κ1) is 17.4. The first-order valence-electron chi connectivity index (χ1n) is 6.95. The molecular formula is C15H21FO5. The summed E-state index contributed by atoms with van der Waals surface area (Å²) in [6.07, 6.45) is -0.571. The van der Waals surface area contributed by atoms with Crippen molar-refractivity contribution in [3.63, 3.8) is 0 Å². The second-order valence-electron chi connectivity index (χ2n) is 3.98. The Kier molecular flexibility index (Phi) is 7.71. The number of carbonyl (C=O) groups is 1. The largest absolute Gasteiger partial charge is 0.487 e. The Morgan fingerprint density at radius 2 is 1.81 bits per heavy atom. The molecule has 0 spiro atoms. The van der Waals surface area contributed by atoms with Gasteiger partial charge in [0.05, 0.1) is 6.61 Å². The fourth-order valence-corrected chi connectivity index (χ4v) is 1.70. The van der Waals surface area contributed by atoms with Gasteiger partial charge in [-0.1, -0.05) is 6.07 Å². The molecule has 0 unspecified atom stereocenters. The van der Waals surface area contributed by atoms with Crippen LogP contribution in [-0.2, 0) is 14.2 Å². The minimum Gasteiger partial charge on any atom is -0.487 e. The molecule has 0 bridgehead atoms. The molecule has 0 fully saturated rings. The average Bonchev–Trinajstić information content (AvgIpc) is 2.45. The molecule has 21 heavy (non-hydrogen) atoms. The van der Waals surface area contributed by atoms with Crippen molar-refractivity contribution >= 4 is 5.97 Å². The highest BCUT2D eigenvalue weighted by molar-refractivity contribution is 5.92. The molecule has 118 valence electrons. The van der Waals surface area contributed by atoms with Crippen molar-refractivity contribution in [1.82, 2.24) is 0 Å². The van der Waals surface area contributed by atoms with Gasteiger partial charge in [0.2, 0.25) is 0 Å². The maximum Gasteiger partial charge on any atom is 0.344 e. The number of ether oxygens (including phenoxy) is 4. The van der Waals surface area contributed by atoms with E-state index in [1.165, 1.54) is 18.2 Å². The third-order valence-electron chi connectivity index (χ3n) is 2.53. The lowest BCUT2D eigenvalue weighted by molar-refractivity contribution is -0.152. The molecule has 6 heteroatoms. The SMILES string of the molecule is CCOC(=O)c1c(F)cccc1OCC(OCC)OCC. The quantitative estimate of drug-likeness (QED) is 0.518. The van der Waals surface area contributed by atoms with Gasteiger partial charge in [0, 0.05) is 13.2 Å². The summed E-state index contributed by atoms with van der Waals surface area (Å²) in [5.74, 6) is -1.33. The van der Waals surface area contributed by atoms with Crippen molar-refractivity contribution in [3.8, 4) is 5.75 Å². The maximum atomic E-state index is 13.8. The van der Waals surface area contributed by atoms with Crippen LogP contribution in [0.2, 0.25) is 0 Å². The minimum atomic E-state index is -0.755. The predicted molar refractivity (Wildman–Crippen MR) is 74.9 cm³/mol. The lowest BCUT2D eigenvalue weighted by atomic mass is 10.2. The van der Waals surface area contributed by atoms with E-state index >= 15 is 0 Å². The Morgan fingerprint density at radius 1 is 1.14 bits per heavy atom. The van der Waals surface area contributed by atoms with E-state index in [-0.39, 0.29) is 24.5 Å². The number of rotatable bonds is 9. The zero-order chi connectivity index (χ0) is 15.7. The van der Waals surface area contributed by atoms with E-state index in [0.717, 1.165) is 0 Å². The molecule has 0 heterocycles. The molecule has 0 radical (unpaired) electrons. The number of hydrogen-bond donors (Lipinski definition) is 0. The molecule has 0 atom stereocenters. The van der Waals surface area contributed by atoms with Crippen LogP contribution in [0.4, 0.5) is 4.39 Å². The predicted octanol–water partition coefficient (Wildman–Crippen LogP) is 2.78. The molecule has 0 saturated carbocycles. The van der Waals surface area contributed by atoms with Gasteiger partial charge < -0.3 is 18.9 Å². The molecule has 5 nitrogen and oxygen atoms in total. The van der Waals surface area contributed by atoms with E-state index in [1.807, 2.05) is 13.8 Å². The molecule has 0 aliphatic heterocycles. The van der Waals surface area contributed by atoms with Crippen LogP contribution in [0, 0.1) is 5.82 Å². The first-order valence-corrected chi connectivity index (χ1v) is 6.95. The highest BCUT2D eigenvalue weighted by Crippen LogP contribution is 2.23. The smallest absolute Gasteiger partial charge is 0.344 e. The summed E-state index contributed by atoms with van der Waals surface area (Å²) in [6.45, 7) is 6.45.